The van der Waals surface area contributed by atoms with Crippen molar-refractivity contribution >= 4 is 23.2 Å². The van der Waals surface area contributed by atoms with Crippen LogP contribution in [0.4, 0.5) is 11.4 Å². The first-order valence-electron chi connectivity index (χ1n) is 10.4. The molecule has 0 radical (unpaired) electrons. The first-order valence-corrected chi connectivity index (χ1v) is 10.4. The maximum atomic E-state index is 12.2. The van der Waals surface area contributed by atoms with Crippen LogP contribution >= 0.6 is 0 Å². The highest BCUT2D eigenvalue weighted by Gasteiger charge is 2.15. The molecule has 0 bridgehead atoms. The number of benzene rings is 2. The van der Waals surface area contributed by atoms with Crippen LogP contribution in [0.25, 0.3) is 0 Å². The Labute approximate surface area is 182 Å². The quantitative estimate of drug-likeness (QED) is 0.477. The number of anilines is 2. The zero-order valence-corrected chi connectivity index (χ0v) is 17.7. The first kappa shape index (κ1) is 22.6. The van der Waals surface area contributed by atoms with Crippen LogP contribution in [0.5, 0.6) is 5.75 Å². The number of methoxy groups -OCH3 is 1. The molecule has 3 N–H and O–H groups in total. The van der Waals surface area contributed by atoms with Gasteiger partial charge in [0, 0.05) is 37.2 Å². The lowest BCUT2D eigenvalue weighted by Crippen LogP contribution is -2.27. The standard InChI is InChI=1S/C23H29N3O5/c1-29-14-12-24-23(28)17-4-6-19(7-5-17)26-22(27)15-25-18-8-10-20(11-9-18)31-16-21-3-2-13-30-21/h4-11,21,25H,2-3,12-16H2,1H3,(H,24,28)(H,26,27). The summed E-state index contributed by atoms with van der Waals surface area (Å²) in [5, 5.41) is 8.63. The molecule has 2 amide bonds. The van der Waals surface area contributed by atoms with Crippen molar-refractivity contribution in [3.63, 3.8) is 0 Å². The predicted octanol–water partition coefficient (Wildman–Crippen LogP) is 2.67. The Kier molecular flexibility index (Phi) is 8.69. The maximum absolute atomic E-state index is 12.2. The molecule has 1 saturated heterocycles. The van der Waals surface area contributed by atoms with E-state index in [2.05, 4.69) is 16.0 Å². The molecule has 1 atom stereocenters. The summed E-state index contributed by atoms with van der Waals surface area (Å²) in [6.45, 7) is 2.39. The molecule has 1 heterocycles. The smallest absolute Gasteiger partial charge is 0.251 e. The molecule has 0 spiro atoms. The van der Waals surface area contributed by atoms with E-state index in [1.807, 2.05) is 24.3 Å². The summed E-state index contributed by atoms with van der Waals surface area (Å²) in [6, 6.07) is 14.2. The van der Waals surface area contributed by atoms with Crippen molar-refractivity contribution in [1.29, 1.82) is 0 Å². The van der Waals surface area contributed by atoms with Gasteiger partial charge in [0.2, 0.25) is 5.91 Å². The van der Waals surface area contributed by atoms with Crippen molar-refractivity contribution in [2.24, 2.45) is 0 Å². The molecule has 1 unspecified atom stereocenters. The van der Waals surface area contributed by atoms with Crippen LogP contribution in [0.2, 0.25) is 0 Å². The van der Waals surface area contributed by atoms with E-state index in [1.54, 1.807) is 31.4 Å². The summed E-state index contributed by atoms with van der Waals surface area (Å²) >= 11 is 0. The number of nitrogens with one attached hydrogen (secondary N) is 3. The lowest BCUT2D eigenvalue weighted by Gasteiger charge is -2.12. The average Bonchev–Trinajstić information content (AvgIpc) is 3.31. The van der Waals surface area contributed by atoms with Gasteiger partial charge in [-0.2, -0.15) is 0 Å². The van der Waals surface area contributed by atoms with Gasteiger partial charge in [0.15, 0.2) is 0 Å². The van der Waals surface area contributed by atoms with Crippen LogP contribution in [0.1, 0.15) is 23.2 Å². The maximum Gasteiger partial charge on any atom is 0.251 e. The van der Waals surface area contributed by atoms with Crippen molar-refractivity contribution in [2.75, 3.05) is 50.7 Å². The summed E-state index contributed by atoms with van der Waals surface area (Å²) in [6.07, 6.45) is 2.31. The van der Waals surface area contributed by atoms with Crippen LogP contribution in [0, 0.1) is 0 Å². The molecule has 8 nitrogen and oxygen atoms in total. The monoisotopic (exact) mass is 427 g/mol. The molecule has 0 aromatic heterocycles. The van der Waals surface area contributed by atoms with Gasteiger partial charge in [-0.05, 0) is 61.4 Å². The largest absolute Gasteiger partial charge is 0.491 e. The highest BCUT2D eigenvalue weighted by atomic mass is 16.5. The van der Waals surface area contributed by atoms with Gasteiger partial charge in [0.25, 0.3) is 5.91 Å². The predicted molar refractivity (Wildman–Crippen MR) is 119 cm³/mol. The van der Waals surface area contributed by atoms with E-state index in [4.69, 9.17) is 14.2 Å². The molecule has 2 aromatic carbocycles. The molecule has 0 aliphatic carbocycles. The Bertz CT molecular complexity index is 833. The number of rotatable bonds is 11. The van der Waals surface area contributed by atoms with Crippen molar-refractivity contribution < 1.29 is 23.8 Å². The number of carbonyl (C=O) groups excluding carboxylic acids is 2. The zero-order chi connectivity index (χ0) is 21.9. The van der Waals surface area contributed by atoms with Crippen LogP contribution in [-0.4, -0.2) is 57.9 Å². The summed E-state index contributed by atoms with van der Waals surface area (Å²) in [4.78, 5) is 24.2. The highest BCUT2D eigenvalue weighted by Crippen LogP contribution is 2.18. The van der Waals surface area contributed by atoms with Gasteiger partial charge in [0.1, 0.15) is 12.4 Å². The number of amides is 2. The Balaban J connectivity index is 1.38. The fourth-order valence-electron chi connectivity index (χ4n) is 3.10. The number of carbonyl (C=O) groups is 2. The number of hydrogen-bond acceptors (Lipinski definition) is 6. The van der Waals surface area contributed by atoms with E-state index in [-0.39, 0.29) is 24.5 Å². The molecular weight excluding hydrogens is 398 g/mol. The Morgan fingerprint density at radius 3 is 2.48 bits per heavy atom. The molecule has 1 fully saturated rings. The van der Waals surface area contributed by atoms with E-state index in [9.17, 15) is 9.59 Å². The third kappa shape index (κ3) is 7.58. The van der Waals surface area contributed by atoms with Gasteiger partial charge in [-0.15, -0.1) is 0 Å². The zero-order valence-electron chi connectivity index (χ0n) is 17.7. The molecule has 3 rings (SSSR count). The fraction of sp³-hybridized carbons (Fsp3) is 0.391. The molecule has 1 aliphatic heterocycles. The second-order valence-corrected chi connectivity index (χ2v) is 7.20. The minimum absolute atomic E-state index is 0.120. The topological polar surface area (TPSA) is 97.9 Å². The van der Waals surface area contributed by atoms with Gasteiger partial charge in [-0.1, -0.05) is 0 Å². The van der Waals surface area contributed by atoms with E-state index in [0.717, 1.165) is 30.9 Å². The fourth-order valence-corrected chi connectivity index (χ4v) is 3.10. The number of hydrogen-bond donors (Lipinski definition) is 3. The van der Waals surface area contributed by atoms with Gasteiger partial charge in [0.05, 0.1) is 19.3 Å². The lowest BCUT2D eigenvalue weighted by molar-refractivity contribution is -0.114. The number of ether oxygens (including phenoxy) is 3. The minimum atomic E-state index is -0.184. The Morgan fingerprint density at radius 2 is 1.81 bits per heavy atom. The molecule has 8 heteroatoms. The van der Waals surface area contributed by atoms with Crippen LogP contribution in [0.15, 0.2) is 48.5 Å². The average molecular weight is 428 g/mol. The Hall–Kier alpha value is -3.10. The molecule has 166 valence electrons. The van der Waals surface area contributed by atoms with Crippen molar-refractivity contribution in [3.05, 3.63) is 54.1 Å². The van der Waals surface area contributed by atoms with E-state index in [1.165, 1.54) is 0 Å². The van der Waals surface area contributed by atoms with E-state index >= 15 is 0 Å². The first-order chi connectivity index (χ1) is 15.1. The van der Waals surface area contributed by atoms with Gasteiger partial charge in [-0.3, -0.25) is 9.59 Å². The summed E-state index contributed by atoms with van der Waals surface area (Å²) < 4.78 is 16.2. The summed E-state index contributed by atoms with van der Waals surface area (Å²) in [5.41, 5.74) is 1.97. The Morgan fingerprint density at radius 1 is 1.06 bits per heavy atom. The van der Waals surface area contributed by atoms with Crippen molar-refractivity contribution in [2.45, 2.75) is 18.9 Å². The molecule has 1 aliphatic rings. The van der Waals surface area contributed by atoms with E-state index in [0.29, 0.717) is 31.0 Å². The molecule has 0 saturated carbocycles. The van der Waals surface area contributed by atoms with Gasteiger partial charge < -0.3 is 30.2 Å². The third-order valence-corrected chi connectivity index (χ3v) is 4.79. The molecule has 31 heavy (non-hydrogen) atoms. The van der Waals surface area contributed by atoms with Gasteiger partial charge in [-0.25, -0.2) is 0 Å². The van der Waals surface area contributed by atoms with Crippen molar-refractivity contribution in [3.8, 4) is 5.75 Å². The van der Waals surface area contributed by atoms with E-state index < -0.39 is 0 Å². The molecular formula is C23H29N3O5. The lowest BCUT2D eigenvalue weighted by atomic mass is 10.2. The molecule has 2 aromatic rings. The summed E-state index contributed by atoms with van der Waals surface area (Å²) in [5.74, 6) is 0.410. The normalized spacial score (nSPS) is 15.3. The van der Waals surface area contributed by atoms with Crippen LogP contribution in [0.3, 0.4) is 0 Å². The van der Waals surface area contributed by atoms with Gasteiger partial charge >= 0.3 is 0 Å². The SMILES string of the molecule is COCCNC(=O)c1ccc(NC(=O)CNc2ccc(OCC3CCCO3)cc2)cc1. The van der Waals surface area contributed by atoms with Crippen LogP contribution < -0.4 is 20.7 Å². The van der Waals surface area contributed by atoms with Crippen molar-refractivity contribution in [1.82, 2.24) is 5.32 Å². The second kappa shape index (κ2) is 11.9. The highest BCUT2D eigenvalue weighted by molar-refractivity contribution is 5.96. The van der Waals surface area contributed by atoms with Crippen LogP contribution in [-0.2, 0) is 14.3 Å². The summed E-state index contributed by atoms with van der Waals surface area (Å²) in [7, 11) is 1.58. The minimum Gasteiger partial charge on any atom is -0.491 e. The second-order valence-electron chi connectivity index (χ2n) is 7.20. The third-order valence-electron chi connectivity index (χ3n) is 4.79.